The minimum absolute atomic E-state index is 0.0997. The van der Waals surface area contributed by atoms with Gasteiger partial charge in [0.1, 0.15) is 18.1 Å². The molecule has 0 aliphatic heterocycles. The maximum Gasteiger partial charge on any atom is 0.326 e. The number of nitrogens with one attached hydrogen (secondary N) is 3. The Morgan fingerprint density at radius 2 is 1.41 bits per heavy atom. The van der Waals surface area contributed by atoms with Gasteiger partial charge in [0.25, 0.3) is 0 Å². The van der Waals surface area contributed by atoms with Crippen LogP contribution in [0.5, 0.6) is 0 Å². The smallest absolute Gasteiger partial charge is 0.326 e. The van der Waals surface area contributed by atoms with Crippen molar-refractivity contribution in [2.24, 2.45) is 11.5 Å². The Balaban J connectivity index is 3.00. The molecule has 0 saturated heterocycles. The first-order valence-electron chi connectivity index (χ1n) is 11.0. The van der Waals surface area contributed by atoms with Crippen LogP contribution in [0.3, 0.4) is 0 Å². The number of hydrogen-bond acceptors (Lipinski definition) is 7. The van der Waals surface area contributed by atoms with Crippen molar-refractivity contribution in [3.63, 3.8) is 0 Å². The quantitative estimate of drug-likeness (QED) is 0.140. The van der Waals surface area contributed by atoms with E-state index >= 15 is 0 Å². The molecule has 1 rings (SSSR count). The minimum atomic E-state index is -1.33. The second kappa shape index (κ2) is 15.3. The Bertz CT molecular complexity index is 834. The van der Waals surface area contributed by atoms with Gasteiger partial charge < -0.3 is 37.6 Å². The molecular formula is C22H33N5O7. The average molecular weight is 480 g/mol. The number of carboxylic acid groups (broad SMARTS) is 2. The summed E-state index contributed by atoms with van der Waals surface area (Å²) in [4.78, 5) is 60.2. The van der Waals surface area contributed by atoms with E-state index in [9.17, 15) is 29.1 Å². The molecular weight excluding hydrogens is 446 g/mol. The highest BCUT2D eigenvalue weighted by Gasteiger charge is 2.29. The molecule has 34 heavy (non-hydrogen) atoms. The van der Waals surface area contributed by atoms with Crippen molar-refractivity contribution in [2.45, 2.75) is 56.7 Å². The van der Waals surface area contributed by atoms with E-state index in [1.165, 1.54) is 0 Å². The van der Waals surface area contributed by atoms with Crippen LogP contribution in [-0.4, -0.2) is 71.1 Å². The molecule has 12 nitrogen and oxygen atoms in total. The number of rotatable bonds is 16. The zero-order valence-electron chi connectivity index (χ0n) is 18.9. The Labute approximate surface area is 197 Å². The molecule has 9 N–H and O–H groups in total. The Morgan fingerprint density at radius 3 is 1.97 bits per heavy atom. The normalized spacial score (nSPS) is 13.2. The third kappa shape index (κ3) is 10.9. The van der Waals surface area contributed by atoms with Crippen LogP contribution in [0, 0.1) is 0 Å². The van der Waals surface area contributed by atoms with Crippen molar-refractivity contribution in [1.82, 2.24) is 16.0 Å². The van der Waals surface area contributed by atoms with Gasteiger partial charge in [-0.15, -0.1) is 0 Å². The second-order valence-electron chi connectivity index (χ2n) is 7.69. The van der Waals surface area contributed by atoms with Crippen LogP contribution in [0.25, 0.3) is 0 Å². The van der Waals surface area contributed by atoms with Crippen LogP contribution in [0.15, 0.2) is 30.3 Å². The number of hydrogen-bond donors (Lipinski definition) is 7. The predicted octanol–water partition coefficient (Wildman–Crippen LogP) is -1.28. The fraction of sp³-hybridized carbons (Fsp3) is 0.500. The summed E-state index contributed by atoms with van der Waals surface area (Å²) in [6, 6.07) is 5.18. The van der Waals surface area contributed by atoms with Gasteiger partial charge in [-0.05, 0) is 37.8 Å². The standard InChI is InChI=1S/C22H33N5O7/c23-11-5-4-8-16(22(33)34)27-20(31)15(9-10-19(29)30)26-21(32)17(25-18(28)13-24)12-14-6-2-1-3-7-14/h1-3,6-7,15-17H,4-5,8-13,23-24H2,(H,25,28)(H,26,32)(H,27,31)(H,29,30)(H,33,34). The summed E-state index contributed by atoms with van der Waals surface area (Å²) in [5.74, 6) is -4.61. The first-order valence-corrected chi connectivity index (χ1v) is 11.0. The summed E-state index contributed by atoms with van der Waals surface area (Å²) in [6.07, 6.45) is 0.543. The summed E-state index contributed by atoms with van der Waals surface area (Å²) >= 11 is 0. The lowest BCUT2D eigenvalue weighted by atomic mass is 10.0. The maximum atomic E-state index is 13.0. The summed E-state index contributed by atoms with van der Waals surface area (Å²) in [6.45, 7) is 0.0134. The average Bonchev–Trinajstić information content (AvgIpc) is 2.80. The van der Waals surface area contributed by atoms with Gasteiger partial charge in [0.2, 0.25) is 17.7 Å². The number of unbranched alkanes of at least 4 members (excludes halogenated alkanes) is 1. The van der Waals surface area contributed by atoms with E-state index in [0.29, 0.717) is 19.4 Å². The van der Waals surface area contributed by atoms with Gasteiger partial charge in [0, 0.05) is 12.8 Å². The fourth-order valence-corrected chi connectivity index (χ4v) is 3.14. The largest absolute Gasteiger partial charge is 0.481 e. The molecule has 0 saturated carbocycles. The minimum Gasteiger partial charge on any atom is -0.481 e. The van der Waals surface area contributed by atoms with Crippen LogP contribution in [0.4, 0.5) is 0 Å². The predicted molar refractivity (Wildman–Crippen MR) is 122 cm³/mol. The lowest BCUT2D eigenvalue weighted by Crippen LogP contribution is -2.56. The number of benzene rings is 1. The van der Waals surface area contributed by atoms with E-state index in [1.54, 1.807) is 30.3 Å². The Morgan fingerprint density at radius 1 is 0.794 bits per heavy atom. The molecule has 3 amide bonds. The molecule has 1 aromatic carbocycles. The lowest BCUT2D eigenvalue weighted by molar-refractivity contribution is -0.143. The van der Waals surface area contributed by atoms with E-state index in [1.807, 2.05) is 0 Å². The molecule has 0 aliphatic rings. The first-order chi connectivity index (χ1) is 16.2. The molecule has 12 heteroatoms. The van der Waals surface area contributed by atoms with Gasteiger partial charge >= 0.3 is 11.9 Å². The SMILES string of the molecule is NCCCCC(NC(=O)C(CCC(=O)O)NC(=O)C(Cc1ccccc1)NC(=O)CN)C(=O)O. The number of carbonyl (C=O) groups is 5. The molecule has 3 atom stereocenters. The molecule has 0 aliphatic carbocycles. The highest BCUT2D eigenvalue weighted by atomic mass is 16.4. The van der Waals surface area contributed by atoms with Crippen LogP contribution < -0.4 is 27.4 Å². The topological polar surface area (TPSA) is 214 Å². The zero-order chi connectivity index (χ0) is 25.5. The maximum absolute atomic E-state index is 13.0. The summed E-state index contributed by atoms with van der Waals surface area (Å²) in [5.41, 5.74) is 11.5. The second-order valence-corrected chi connectivity index (χ2v) is 7.69. The number of carbonyl (C=O) groups excluding carboxylic acids is 3. The summed E-state index contributed by atoms with van der Waals surface area (Å²) in [5, 5.41) is 25.7. The van der Waals surface area contributed by atoms with Crippen LogP contribution in [0.1, 0.15) is 37.7 Å². The third-order valence-electron chi connectivity index (χ3n) is 4.96. The van der Waals surface area contributed by atoms with E-state index in [0.717, 1.165) is 5.56 Å². The molecule has 1 aromatic rings. The number of carboxylic acids is 2. The molecule has 0 spiro atoms. The fourth-order valence-electron chi connectivity index (χ4n) is 3.14. The van der Waals surface area contributed by atoms with Crippen LogP contribution >= 0.6 is 0 Å². The Hall–Kier alpha value is -3.51. The van der Waals surface area contributed by atoms with Crippen molar-refractivity contribution in [3.8, 4) is 0 Å². The van der Waals surface area contributed by atoms with Gasteiger partial charge in [-0.3, -0.25) is 19.2 Å². The molecule has 0 fully saturated rings. The number of aliphatic carboxylic acids is 2. The van der Waals surface area contributed by atoms with Crippen LogP contribution in [0.2, 0.25) is 0 Å². The molecule has 0 radical (unpaired) electrons. The van der Waals surface area contributed by atoms with E-state index < -0.39 is 54.2 Å². The Kier molecular flexibility index (Phi) is 12.9. The molecule has 188 valence electrons. The van der Waals surface area contributed by atoms with Crippen molar-refractivity contribution in [1.29, 1.82) is 0 Å². The van der Waals surface area contributed by atoms with Crippen molar-refractivity contribution >= 4 is 29.7 Å². The lowest BCUT2D eigenvalue weighted by Gasteiger charge is -2.24. The van der Waals surface area contributed by atoms with Gasteiger partial charge in [-0.25, -0.2) is 4.79 Å². The van der Waals surface area contributed by atoms with Gasteiger partial charge in [0.05, 0.1) is 6.54 Å². The third-order valence-corrected chi connectivity index (χ3v) is 4.96. The zero-order valence-corrected chi connectivity index (χ0v) is 18.9. The monoisotopic (exact) mass is 479 g/mol. The number of nitrogens with two attached hydrogens (primary N) is 2. The highest BCUT2D eigenvalue weighted by Crippen LogP contribution is 2.07. The van der Waals surface area contributed by atoms with Gasteiger partial charge in [-0.2, -0.15) is 0 Å². The van der Waals surface area contributed by atoms with Crippen molar-refractivity contribution in [3.05, 3.63) is 35.9 Å². The first kappa shape index (κ1) is 28.5. The summed E-state index contributed by atoms with van der Waals surface area (Å²) in [7, 11) is 0. The highest BCUT2D eigenvalue weighted by molar-refractivity contribution is 5.94. The van der Waals surface area contributed by atoms with E-state index in [4.69, 9.17) is 16.6 Å². The molecule has 0 aromatic heterocycles. The van der Waals surface area contributed by atoms with E-state index in [2.05, 4.69) is 16.0 Å². The van der Waals surface area contributed by atoms with Gasteiger partial charge in [0.15, 0.2) is 0 Å². The summed E-state index contributed by atoms with van der Waals surface area (Å²) < 4.78 is 0. The van der Waals surface area contributed by atoms with E-state index in [-0.39, 0.29) is 25.8 Å². The number of amides is 3. The molecule has 0 bridgehead atoms. The molecule has 3 unspecified atom stereocenters. The van der Waals surface area contributed by atoms with Gasteiger partial charge in [-0.1, -0.05) is 30.3 Å². The van der Waals surface area contributed by atoms with Crippen molar-refractivity contribution in [2.75, 3.05) is 13.1 Å². The van der Waals surface area contributed by atoms with Crippen molar-refractivity contribution < 1.29 is 34.2 Å². The molecule has 0 heterocycles. The van der Waals surface area contributed by atoms with Crippen LogP contribution in [-0.2, 0) is 30.4 Å².